The third-order valence-corrected chi connectivity index (χ3v) is 8.95. The Morgan fingerprint density at radius 3 is 1.25 bits per heavy atom. The van der Waals surface area contributed by atoms with E-state index in [0.29, 0.717) is 23.5 Å². The molecule has 0 amide bonds. The van der Waals surface area contributed by atoms with Crippen molar-refractivity contribution >= 4 is 0 Å². The van der Waals surface area contributed by atoms with Gasteiger partial charge in [-0.15, -0.1) is 0 Å². The first-order valence-electron chi connectivity index (χ1n) is 15.4. The predicted molar refractivity (Wildman–Crippen MR) is 172 cm³/mol. The lowest BCUT2D eigenvalue weighted by molar-refractivity contribution is 0.463. The number of hydrogen-bond donors (Lipinski definition) is 1. The highest BCUT2D eigenvalue weighted by Gasteiger charge is 2.22. The maximum Gasteiger partial charge on any atom is 0.119 e. The van der Waals surface area contributed by atoms with Crippen LogP contribution in [0.3, 0.4) is 0 Å². The van der Waals surface area contributed by atoms with Crippen LogP contribution >= 0.6 is 0 Å². The minimum atomic E-state index is 0.326. The highest BCUT2D eigenvalue weighted by atomic mass is 16.3. The highest BCUT2D eigenvalue weighted by Crippen LogP contribution is 2.37. The molecule has 4 aromatic rings. The third kappa shape index (κ3) is 6.69. The summed E-state index contributed by atoms with van der Waals surface area (Å²) in [7, 11) is 0. The first-order valence-corrected chi connectivity index (χ1v) is 15.4. The maximum absolute atomic E-state index is 11.4. The second-order valence-electron chi connectivity index (χ2n) is 11.7. The SMILES string of the molecule is CCc1ccccc1C(C)Cc1ccc(O)c(CC(C)c2ccccc2CC)c1CC(C)c1ccccc1CC. The van der Waals surface area contributed by atoms with E-state index in [2.05, 4.69) is 120 Å². The molecule has 40 heavy (non-hydrogen) atoms. The molecule has 0 fully saturated rings. The predicted octanol–water partition coefficient (Wildman–Crippen LogP) is 10.1. The Labute approximate surface area is 243 Å². The molecule has 0 bridgehead atoms. The van der Waals surface area contributed by atoms with E-state index in [9.17, 15) is 5.11 Å². The molecule has 0 aliphatic rings. The number of rotatable bonds is 12. The monoisotopic (exact) mass is 532 g/mol. The number of aryl methyl sites for hydroxylation is 3. The second-order valence-corrected chi connectivity index (χ2v) is 11.7. The molecule has 0 spiro atoms. The summed E-state index contributed by atoms with van der Waals surface area (Å²) in [5.41, 5.74) is 12.4. The molecule has 4 rings (SSSR count). The molecule has 0 aromatic heterocycles. The van der Waals surface area contributed by atoms with Gasteiger partial charge in [0.05, 0.1) is 0 Å². The summed E-state index contributed by atoms with van der Waals surface area (Å²) < 4.78 is 0. The van der Waals surface area contributed by atoms with Crippen LogP contribution in [0, 0.1) is 0 Å². The van der Waals surface area contributed by atoms with Gasteiger partial charge in [-0.3, -0.25) is 0 Å². The Balaban J connectivity index is 1.77. The average Bonchev–Trinajstić information content (AvgIpc) is 2.99. The van der Waals surface area contributed by atoms with Crippen LogP contribution in [0.1, 0.15) is 109 Å². The molecule has 0 saturated carbocycles. The number of benzene rings is 4. The van der Waals surface area contributed by atoms with Crippen LogP contribution in [0.2, 0.25) is 0 Å². The normalized spacial score (nSPS) is 13.7. The van der Waals surface area contributed by atoms with E-state index < -0.39 is 0 Å². The van der Waals surface area contributed by atoms with Gasteiger partial charge in [-0.25, -0.2) is 0 Å². The fraction of sp³-hybridized carbons (Fsp3) is 0.385. The summed E-state index contributed by atoms with van der Waals surface area (Å²) in [4.78, 5) is 0. The van der Waals surface area contributed by atoms with E-state index in [1.54, 1.807) is 0 Å². The molecule has 3 atom stereocenters. The summed E-state index contributed by atoms with van der Waals surface area (Å²) in [6.07, 6.45) is 5.86. The molecule has 210 valence electrons. The highest BCUT2D eigenvalue weighted by molar-refractivity contribution is 5.48. The Bertz CT molecular complexity index is 1400. The van der Waals surface area contributed by atoms with E-state index in [4.69, 9.17) is 0 Å². The summed E-state index contributed by atoms with van der Waals surface area (Å²) in [5, 5.41) is 11.4. The van der Waals surface area contributed by atoms with Gasteiger partial charge in [-0.05, 0) is 112 Å². The van der Waals surface area contributed by atoms with Gasteiger partial charge in [0.25, 0.3) is 0 Å². The van der Waals surface area contributed by atoms with E-state index in [0.717, 1.165) is 44.1 Å². The Hall–Kier alpha value is -3.32. The van der Waals surface area contributed by atoms with Crippen molar-refractivity contribution in [2.75, 3.05) is 0 Å². The van der Waals surface area contributed by atoms with Gasteiger partial charge in [0.1, 0.15) is 5.75 Å². The van der Waals surface area contributed by atoms with Crippen LogP contribution < -0.4 is 0 Å². The summed E-state index contributed by atoms with van der Waals surface area (Å²) in [5.74, 6) is 1.54. The molecule has 0 aliphatic heterocycles. The number of aromatic hydroxyl groups is 1. The van der Waals surface area contributed by atoms with Crippen molar-refractivity contribution in [3.8, 4) is 5.75 Å². The number of phenolic OH excluding ortho intramolecular Hbond substituents is 1. The fourth-order valence-corrected chi connectivity index (χ4v) is 6.69. The van der Waals surface area contributed by atoms with Crippen molar-refractivity contribution in [1.82, 2.24) is 0 Å². The Kier molecular flexibility index (Phi) is 10.3. The van der Waals surface area contributed by atoms with Crippen molar-refractivity contribution in [2.24, 2.45) is 0 Å². The first-order chi connectivity index (χ1) is 19.4. The van der Waals surface area contributed by atoms with Crippen LogP contribution in [0.25, 0.3) is 0 Å². The van der Waals surface area contributed by atoms with Crippen LogP contribution in [-0.4, -0.2) is 5.11 Å². The first kappa shape index (κ1) is 29.7. The summed E-state index contributed by atoms with van der Waals surface area (Å²) in [6.45, 7) is 13.8. The molecule has 4 aromatic carbocycles. The molecule has 0 saturated heterocycles. The molecule has 1 nitrogen and oxygen atoms in total. The summed E-state index contributed by atoms with van der Waals surface area (Å²) in [6, 6.07) is 30.7. The zero-order chi connectivity index (χ0) is 28.6. The van der Waals surface area contributed by atoms with Gasteiger partial charge in [0.2, 0.25) is 0 Å². The number of phenols is 1. The topological polar surface area (TPSA) is 20.2 Å². The van der Waals surface area contributed by atoms with Crippen LogP contribution in [0.4, 0.5) is 0 Å². The van der Waals surface area contributed by atoms with Gasteiger partial charge in [-0.2, -0.15) is 0 Å². The van der Waals surface area contributed by atoms with Crippen molar-refractivity contribution < 1.29 is 5.11 Å². The number of hydrogen-bond acceptors (Lipinski definition) is 1. The molecule has 0 heterocycles. The van der Waals surface area contributed by atoms with Gasteiger partial charge < -0.3 is 5.11 Å². The molecular formula is C39H48O. The molecule has 3 unspecified atom stereocenters. The lowest BCUT2D eigenvalue weighted by atomic mass is 9.80. The Morgan fingerprint density at radius 2 is 0.825 bits per heavy atom. The zero-order valence-electron chi connectivity index (χ0n) is 25.5. The van der Waals surface area contributed by atoms with E-state index in [-0.39, 0.29) is 0 Å². The lowest BCUT2D eigenvalue weighted by Crippen LogP contribution is -2.12. The fourth-order valence-electron chi connectivity index (χ4n) is 6.69. The van der Waals surface area contributed by atoms with Crippen molar-refractivity contribution in [3.63, 3.8) is 0 Å². The van der Waals surface area contributed by atoms with Gasteiger partial charge in [0.15, 0.2) is 0 Å². The zero-order valence-corrected chi connectivity index (χ0v) is 25.5. The smallest absolute Gasteiger partial charge is 0.119 e. The van der Waals surface area contributed by atoms with Gasteiger partial charge >= 0.3 is 0 Å². The Morgan fingerprint density at radius 1 is 0.450 bits per heavy atom. The van der Waals surface area contributed by atoms with Gasteiger partial charge in [-0.1, -0.05) is 120 Å². The van der Waals surface area contributed by atoms with Crippen LogP contribution in [0.15, 0.2) is 84.9 Å². The molecule has 0 radical (unpaired) electrons. The molecule has 1 heteroatoms. The van der Waals surface area contributed by atoms with Crippen molar-refractivity contribution in [2.45, 2.75) is 97.8 Å². The van der Waals surface area contributed by atoms with E-state index >= 15 is 0 Å². The molecule has 1 N–H and O–H groups in total. The van der Waals surface area contributed by atoms with Crippen LogP contribution in [0.5, 0.6) is 5.75 Å². The standard InChI is InChI=1S/C39H48O/c1-7-30-16-10-13-19-34(30)27(4)24-33-22-23-39(40)38(26-29(6)36-21-15-12-18-32(36)9-3)37(33)25-28(5)35-20-14-11-17-31(35)8-2/h10-23,27-29,40H,7-9,24-26H2,1-6H3. The van der Waals surface area contributed by atoms with E-state index in [1.165, 1.54) is 44.5 Å². The summed E-state index contributed by atoms with van der Waals surface area (Å²) >= 11 is 0. The average molecular weight is 533 g/mol. The quantitative estimate of drug-likeness (QED) is 0.192. The van der Waals surface area contributed by atoms with Crippen molar-refractivity contribution in [3.05, 3.63) is 135 Å². The van der Waals surface area contributed by atoms with Gasteiger partial charge in [0, 0.05) is 0 Å². The van der Waals surface area contributed by atoms with Crippen molar-refractivity contribution in [1.29, 1.82) is 0 Å². The minimum absolute atomic E-state index is 0.326. The third-order valence-electron chi connectivity index (χ3n) is 8.95. The maximum atomic E-state index is 11.4. The second kappa shape index (κ2) is 13.8. The molecule has 0 aliphatic carbocycles. The minimum Gasteiger partial charge on any atom is -0.508 e. The molecular weight excluding hydrogens is 484 g/mol. The van der Waals surface area contributed by atoms with E-state index in [1.807, 2.05) is 6.07 Å². The largest absolute Gasteiger partial charge is 0.508 e. The lowest BCUT2D eigenvalue weighted by Gasteiger charge is -2.25. The van der Waals surface area contributed by atoms with Crippen LogP contribution in [-0.2, 0) is 38.5 Å².